The van der Waals surface area contributed by atoms with Crippen LogP contribution < -0.4 is 9.62 Å². The first-order valence-corrected chi connectivity index (χ1v) is 13.9. The summed E-state index contributed by atoms with van der Waals surface area (Å²) in [5, 5.41) is 3.15. The van der Waals surface area contributed by atoms with Crippen molar-refractivity contribution in [1.29, 1.82) is 0 Å². The number of halogens is 2. The first kappa shape index (κ1) is 27.7. The molecule has 0 heterocycles. The lowest BCUT2D eigenvalue weighted by Crippen LogP contribution is -2.51. The molecular formula is C26H27BrClN3O4S. The van der Waals surface area contributed by atoms with E-state index in [1.165, 1.54) is 24.1 Å². The molecular weight excluding hydrogens is 566 g/mol. The zero-order valence-corrected chi connectivity index (χ0v) is 23.1. The van der Waals surface area contributed by atoms with Gasteiger partial charge in [-0.15, -0.1) is 0 Å². The summed E-state index contributed by atoms with van der Waals surface area (Å²) in [7, 11) is -2.58. The summed E-state index contributed by atoms with van der Waals surface area (Å²) in [6.07, 6.45) is 0.350. The summed E-state index contributed by atoms with van der Waals surface area (Å²) in [6, 6.07) is 20.8. The highest BCUT2D eigenvalue weighted by Crippen LogP contribution is 2.26. The molecule has 1 N–H and O–H groups in total. The quantitative estimate of drug-likeness (QED) is 0.365. The van der Waals surface area contributed by atoms with Crippen molar-refractivity contribution in [3.05, 3.63) is 93.9 Å². The summed E-state index contributed by atoms with van der Waals surface area (Å²) >= 11 is 9.37. The van der Waals surface area contributed by atoms with Crippen LogP contribution in [0.25, 0.3) is 0 Å². The molecule has 36 heavy (non-hydrogen) atoms. The monoisotopic (exact) mass is 591 g/mol. The Labute approximate surface area is 225 Å². The lowest BCUT2D eigenvalue weighted by atomic mass is 10.1. The summed E-state index contributed by atoms with van der Waals surface area (Å²) in [5.74, 6) is -0.844. The van der Waals surface area contributed by atoms with Crippen molar-refractivity contribution in [2.24, 2.45) is 0 Å². The van der Waals surface area contributed by atoms with Crippen LogP contribution in [0.3, 0.4) is 0 Å². The van der Waals surface area contributed by atoms with Crippen LogP contribution in [0, 0.1) is 0 Å². The van der Waals surface area contributed by atoms with E-state index in [9.17, 15) is 18.0 Å². The van der Waals surface area contributed by atoms with Crippen LogP contribution in [0.5, 0.6) is 0 Å². The highest BCUT2D eigenvalue weighted by molar-refractivity contribution is 9.10. The highest BCUT2D eigenvalue weighted by Gasteiger charge is 2.33. The lowest BCUT2D eigenvalue weighted by molar-refractivity contribution is -0.140. The van der Waals surface area contributed by atoms with E-state index in [0.29, 0.717) is 17.1 Å². The SMILES string of the molecule is CCC(C(=O)NC)N(Cc1ccc(Cl)cc1)C(=O)CN(c1ccc(Br)cc1)S(=O)(=O)c1ccccc1. The van der Waals surface area contributed by atoms with Crippen LogP contribution in [-0.4, -0.2) is 44.8 Å². The highest BCUT2D eigenvalue weighted by atomic mass is 79.9. The van der Waals surface area contributed by atoms with E-state index in [0.717, 1.165) is 14.3 Å². The molecule has 1 atom stereocenters. The van der Waals surface area contributed by atoms with E-state index in [1.54, 1.807) is 73.7 Å². The second kappa shape index (κ2) is 12.4. The Morgan fingerprint density at radius 1 is 0.972 bits per heavy atom. The number of carbonyl (C=O) groups is 2. The van der Waals surface area contributed by atoms with Gasteiger partial charge < -0.3 is 10.2 Å². The normalized spacial score (nSPS) is 12.0. The fourth-order valence-corrected chi connectivity index (χ4v) is 5.55. The molecule has 190 valence electrons. The number of hydrogen-bond acceptors (Lipinski definition) is 4. The van der Waals surface area contributed by atoms with Gasteiger partial charge in [-0.25, -0.2) is 8.42 Å². The molecule has 0 aromatic heterocycles. The number of sulfonamides is 1. The maximum Gasteiger partial charge on any atom is 0.264 e. The van der Waals surface area contributed by atoms with Crippen molar-refractivity contribution < 1.29 is 18.0 Å². The third-order valence-electron chi connectivity index (χ3n) is 5.62. The molecule has 10 heteroatoms. The van der Waals surface area contributed by atoms with E-state index in [1.807, 2.05) is 0 Å². The largest absolute Gasteiger partial charge is 0.357 e. The number of likely N-dealkylation sites (N-methyl/N-ethyl adjacent to an activating group) is 1. The predicted molar refractivity (Wildman–Crippen MR) is 145 cm³/mol. The van der Waals surface area contributed by atoms with Gasteiger partial charge in [-0.3, -0.25) is 13.9 Å². The van der Waals surface area contributed by atoms with Crippen molar-refractivity contribution in [1.82, 2.24) is 10.2 Å². The smallest absolute Gasteiger partial charge is 0.264 e. The fraction of sp³-hybridized carbons (Fsp3) is 0.231. The molecule has 0 fully saturated rings. The van der Waals surface area contributed by atoms with Gasteiger partial charge in [-0.1, -0.05) is 64.8 Å². The summed E-state index contributed by atoms with van der Waals surface area (Å²) in [5.41, 5.74) is 1.09. The summed E-state index contributed by atoms with van der Waals surface area (Å²) in [4.78, 5) is 27.9. The molecule has 1 unspecified atom stereocenters. The zero-order chi connectivity index (χ0) is 26.3. The van der Waals surface area contributed by atoms with E-state index in [4.69, 9.17) is 11.6 Å². The summed E-state index contributed by atoms with van der Waals surface area (Å²) in [6.45, 7) is 1.43. The molecule has 3 rings (SSSR count). The third kappa shape index (κ3) is 6.66. The first-order chi connectivity index (χ1) is 17.2. The van der Waals surface area contributed by atoms with E-state index < -0.39 is 28.5 Å². The molecule has 0 aliphatic carbocycles. The van der Waals surface area contributed by atoms with Crippen molar-refractivity contribution in [2.75, 3.05) is 17.9 Å². The number of anilines is 1. The predicted octanol–water partition coefficient (Wildman–Crippen LogP) is 4.85. The molecule has 0 spiro atoms. The van der Waals surface area contributed by atoms with Crippen molar-refractivity contribution in [3.8, 4) is 0 Å². The van der Waals surface area contributed by atoms with Gasteiger partial charge in [-0.05, 0) is 60.5 Å². The van der Waals surface area contributed by atoms with Crippen LogP contribution in [0.2, 0.25) is 5.02 Å². The fourth-order valence-electron chi connectivity index (χ4n) is 3.73. The second-order valence-electron chi connectivity index (χ2n) is 7.99. The minimum atomic E-state index is -4.08. The number of nitrogens with zero attached hydrogens (tertiary/aromatic N) is 2. The first-order valence-electron chi connectivity index (χ1n) is 11.3. The van der Waals surface area contributed by atoms with Gasteiger partial charge >= 0.3 is 0 Å². The van der Waals surface area contributed by atoms with Crippen LogP contribution >= 0.6 is 27.5 Å². The Bertz CT molecular complexity index is 1290. The summed E-state index contributed by atoms with van der Waals surface area (Å²) < 4.78 is 29.1. The molecule has 3 aromatic carbocycles. The number of nitrogens with one attached hydrogen (secondary N) is 1. The molecule has 2 amide bonds. The van der Waals surface area contributed by atoms with Crippen LogP contribution in [-0.2, 0) is 26.2 Å². The van der Waals surface area contributed by atoms with Crippen LogP contribution in [0.4, 0.5) is 5.69 Å². The number of hydrogen-bond donors (Lipinski definition) is 1. The zero-order valence-electron chi connectivity index (χ0n) is 19.9. The minimum Gasteiger partial charge on any atom is -0.357 e. The van der Waals surface area contributed by atoms with Gasteiger partial charge in [0, 0.05) is 23.1 Å². The van der Waals surface area contributed by atoms with Crippen molar-refractivity contribution >= 4 is 55.1 Å². The average molecular weight is 593 g/mol. The molecule has 0 aliphatic rings. The molecule has 0 saturated carbocycles. The van der Waals surface area contributed by atoms with Crippen LogP contribution in [0.1, 0.15) is 18.9 Å². The van der Waals surface area contributed by atoms with Gasteiger partial charge in [0.2, 0.25) is 11.8 Å². The van der Waals surface area contributed by atoms with E-state index in [-0.39, 0.29) is 17.3 Å². The second-order valence-corrected chi connectivity index (χ2v) is 11.2. The van der Waals surface area contributed by atoms with Crippen molar-refractivity contribution in [2.45, 2.75) is 30.8 Å². The van der Waals surface area contributed by atoms with Crippen molar-refractivity contribution in [3.63, 3.8) is 0 Å². The maximum absolute atomic E-state index is 13.8. The van der Waals surface area contributed by atoms with E-state index >= 15 is 0 Å². The topological polar surface area (TPSA) is 86.8 Å². The third-order valence-corrected chi connectivity index (χ3v) is 8.19. The number of amides is 2. The molecule has 0 aliphatic heterocycles. The van der Waals surface area contributed by atoms with Gasteiger partial charge in [0.05, 0.1) is 10.6 Å². The molecule has 3 aromatic rings. The van der Waals surface area contributed by atoms with Crippen LogP contribution in [0.15, 0.2) is 88.2 Å². The Balaban J connectivity index is 2.03. The molecule has 0 bridgehead atoms. The number of rotatable bonds is 10. The standard InChI is InChI=1S/C26H27BrClN3O4S/c1-3-24(26(33)29-2)30(17-19-9-13-21(28)14-10-19)25(32)18-31(22-15-11-20(27)12-16-22)36(34,35)23-7-5-4-6-8-23/h4-16,24H,3,17-18H2,1-2H3,(H,29,33). The molecule has 0 saturated heterocycles. The van der Waals surface area contributed by atoms with Gasteiger partial charge in [0.1, 0.15) is 12.6 Å². The van der Waals surface area contributed by atoms with Gasteiger partial charge in [0.25, 0.3) is 10.0 Å². The Morgan fingerprint density at radius 3 is 2.14 bits per heavy atom. The minimum absolute atomic E-state index is 0.0586. The molecule has 0 radical (unpaired) electrons. The number of benzene rings is 3. The Hall–Kier alpha value is -2.88. The lowest BCUT2D eigenvalue weighted by Gasteiger charge is -2.33. The Kier molecular flexibility index (Phi) is 9.53. The average Bonchev–Trinajstić information content (AvgIpc) is 2.89. The maximum atomic E-state index is 13.8. The van der Waals surface area contributed by atoms with Gasteiger partial charge in [-0.2, -0.15) is 0 Å². The Morgan fingerprint density at radius 2 is 1.58 bits per heavy atom. The van der Waals surface area contributed by atoms with Gasteiger partial charge in [0.15, 0.2) is 0 Å². The molecule has 7 nitrogen and oxygen atoms in total. The number of carbonyl (C=O) groups excluding carboxylic acids is 2. The van der Waals surface area contributed by atoms with E-state index in [2.05, 4.69) is 21.2 Å².